The number of rotatable bonds is 1. The van der Waals surface area contributed by atoms with Crippen molar-refractivity contribution in [1.82, 2.24) is 0 Å². The van der Waals surface area contributed by atoms with Gasteiger partial charge in [-0.05, 0) is 6.08 Å². The van der Waals surface area contributed by atoms with E-state index in [0.717, 1.165) is 10.2 Å². The van der Waals surface area contributed by atoms with E-state index in [9.17, 15) is 4.79 Å². The Morgan fingerprint density at radius 2 is 2.40 bits per heavy atom. The Kier molecular flexibility index (Phi) is 3.36. The normalized spacial score (nSPS) is 9.60. The molecule has 0 rings (SSSR count). The third-order valence-corrected chi connectivity index (χ3v) is 0.568. The van der Waals surface area contributed by atoms with Crippen molar-refractivity contribution in [3.05, 3.63) is 11.8 Å². The standard InChI is InChI=1S/C3H5OSi/c4-2-1-3-5/h1,3H,5H3. The van der Waals surface area contributed by atoms with Crippen molar-refractivity contribution < 1.29 is 4.79 Å². The van der Waals surface area contributed by atoms with E-state index < -0.39 is 0 Å². The Bertz CT molecular complexity index is 48.9. The van der Waals surface area contributed by atoms with Gasteiger partial charge in [-0.25, -0.2) is 0 Å². The lowest BCUT2D eigenvalue weighted by molar-refractivity contribution is 0.564. The Labute approximate surface area is 34.1 Å². The molecule has 0 saturated heterocycles. The lowest BCUT2D eigenvalue weighted by atomic mass is 10.7. The van der Waals surface area contributed by atoms with Gasteiger partial charge >= 0.3 is 0 Å². The predicted octanol–water partition coefficient (Wildman–Crippen LogP) is -1.02. The first-order valence-electron chi connectivity index (χ1n) is 1.40. The van der Waals surface area contributed by atoms with Crippen LogP contribution in [0.1, 0.15) is 0 Å². The van der Waals surface area contributed by atoms with E-state index in [1.165, 1.54) is 6.08 Å². The molecule has 0 atom stereocenters. The second-order valence-electron chi connectivity index (χ2n) is 0.618. The summed E-state index contributed by atoms with van der Waals surface area (Å²) >= 11 is 0. The fourth-order valence-electron chi connectivity index (χ4n) is 0.0680. The van der Waals surface area contributed by atoms with Crippen molar-refractivity contribution in [1.29, 1.82) is 0 Å². The van der Waals surface area contributed by atoms with Crippen molar-refractivity contribution in [3.8, 4) is 0 Å². The molecule has 0 aliphatic carbocycles. The molecule has 0 aromatic rings. The smallest absolute Gasteiger partial charge is 0.224 e. The SMILES string of the molecule is O=[C]C=C[SiH3]. The van der Waals surface area contributed by atoms with Crippen LogP contribution in [0.2, 0.25) is 0 Å². The maximum absolute atomic E-state index is 9.22. The number of hydrogen-bond donors (Lipinski definition) is 0. The van der Waals surface area contributed by atoms with Crippen molar-refractivity contribution >= 4 is 16.5 Å². The summed E-state index contributed by atoms with van der Waals surface area (Å²) < 4.78 is 0. The molecule has 0 bridgehead atoms. The molecule has 0 saturated carbocycles. The minimum Gasteiger partial charge on any atom is -0.286 e. The third kappa shape index (κ3) is 3.63. The minimum atomic E-state index is 0.956. The maximum Gasteiger partial charge on any atom is 0.224 e. The Balaban J connectivity index is 2.92. The first-order chi connectivity index (χ1) is 2.41. The van der Waals surface area contributed by atoms with Crippen LogP contribution in [0.15, 0.2) is 11.8 Å². The monoisotopic (exact) mass is 85.0 g/mol. The molecule has 1 nitrogen and oxygen atoms in total. The molecule has 0 spiro atoms. The zero-order valence-electron chi connectivity index (χ0n) is 3.06. The molecule has 1 radical (unpaired) electrons. The molecule has 27 valence electrons. The van der Waals surface area contributed by atoms with Crippen molar-refractivity contribution in [2.24, 2.45) is 0 Å². The minimum absolute atomic E-state index is 0.956. The molecular weight excluding hydrogens is 80.1 g/mol. The number of hydrogen-bond acceptors (Lipinski definition) is 1. The zero-order valence-corrected chi connectivity index (χ0v) is 5.06. The molecule has 0 unspecified atom stereocenters. The molecular formula is C3H5OSi. The van der Waals surface area contributed by atoms with Gasteiger partial charge < -0.3 is 0 Å². The summed E-state index contributed by atoms with van der Waals surface area (Å²) in [5, 5.41) is 0. The molecule has 0 amide bonds. The van der Waals surface area contributed by atoms with Crippen LogP contribution in [-0.4, -0.2) is 16.5 Å². The van der Waals surface area contributed by atoms with E-state index in [2.05, 4.69) is 0 Å². The number of carbonyl (C=O) groups excluding carboxylic acids is 1. The van der Waals surface area contributed by atoms with E-state index in [0.29, 0.717) is 0 Å². The molecule has 0 aliphatic heterocycles. The van der Waals surface area contributed by atoms with E-state index in [1.54, 1.807) is 12.0 Å². The topological polar surface area (TPSA) is 17.1 Å². The van der Waals surface area contributed by atoms with E-state index in [-0.39, 0.29) is 0 Å². The first-order valence-corrected chi connectivity index (χ1v) is 2.56. The van der Waals surface area contributed by atoms with Gasteiger partial charge in [0.2, 0.25) is 6.29 Å². The highest BCUT2D eigenvalue weighted by atomic mass is 28.1. The van der Waals surface area contributed by atoms with Crippen LogP contribution in [0.25, 0.3) is 0 Å². The molecule has 0 aromatic carbocycles. The Morgan fingerprint density at radius 3 is 2.40 bits per heavy atom. The van der Waals surface area contributed by atoms with Crippen molar-refractivity contribution in [3.63, 3.8) is 0 Å². The average Bonchev–Trinajstić information content (AvgIpc) is 1.41. The van der Waals surface area contributed by atoms with Gasteiger partial charge in [-0.15, -0.1) is 5.70 Å². The lowest BCUT2D eigenvalue weighted by Crippen LogP contribution is -1.54. The average molecular weight is 85.2 g/mol. The van der Waals surface area contributed by atoms with Gasteiger partial charge in [-0.1, -0.05) is 0 Å². The van der Waals surface area contributed by atoms with Crippen LogP contribution in [0.5, 0.6) is 0 Å². The Hall–Kier alpha value is -0.373. The fourth-order valence-corrected chi connectivity index (χ4v) is 0.204. The van der Waals surface area contributed by atoms with E-state index in [1.807, 2.05) is 0 Å². The van der Waals surface area contributed by atoms with Gasteiger partial charge in [0, 0.05) is 10.2 Å². The van der Waals surface area contributed by atoms with Crippen molar-refractivity contribution in [2.45, 2.75) is 0 Å². The fraction of sp³-hybridized carbons (Fsp3) is 0. The summed E-state index contributed by atoms with van der Waals surface area (Å²) in [7, 11) is 0.956. The van der Waals surface area contributed by atoms with Crippen LogP contribution < -0.4 is 0 Å². The molecule has 2 heteroatoms. The molecule has 0 aromatic heterocycles. The second kappa shape index (κ2) is 3.63. The summed E-state index contributed by atoms with van der Waals surface area (Å²) in [5.41, 5.74) is 1.77. The van der Waals surface area contributed by atoms with Crippen molar-refractivity contribution in [2.75, 3.05) is 0 Å². The molecule has 0 heterocycles. The zero-order chi connectivity index (χ0) is 4.12. The Morgan fingerprint density at radius 1 is 1.80 bits per heavy atom. The summed E-state index contributed by atoms with van der Waals surface area (Å²) in [5.74, 6) is 0. The largest absolute Gasteiger partial charge is 0.286 e. The van der Waals surface area contributed by atoms with Crippen LogP contribution >= 0.6 is 0 Å². The highest BCUT2D eigenvalue weighted by Crippen LogP contribution is 1.48. The quantitative estimate of drug-likeness (QED) is 0.294. The highest BCUT2D eigenvalue weighted by molar-refractivity contribution is 6.18. The number of allylic oxidation sites excluding steroid dienone is 1. The molecule has 5 heavy (non-hydrogen) atoms. The summed E-state index contributed by atoms with van der Waals surface area (Å²) in [4.78, 5) is 9.22. The maximum atomic E-state index is 9.22. The van der Waals surface area contributed by atoms with Crippen LogP contribution in [0, 0.1) is 0 Å². The van der Waals surface area contributed by atoms with Gasteiger partial charge in [0.1, 0.15) is 0 Å². The summed E-state index contributed by atoms with van der Waals surface area (Å²) in [6.45, 7) is 0. The van der Waals surface area contributed by atoms with Crippen LogP contribution in [0.4, 0.5) is 0 Å². The molecule has 0 aliphatic rings. The second-order valence-corrected chi connectivity index (χ2v) is 1.28. The summed E-state index contributed by atoms with van der Waals surface area (Å²) in [6.07, 6.45) is 3.00. The first kappa shape index (κ1) is 4.63. The van der Waals surface area contributed by atoms with Gasteiger partial charge in [0.25, 0.3) is 0 Å². The lowest BCUT2D eigenvalue weighted by Gasteiger charge is -1.48. The van der Waals surface area contributed by atoms with Crippen LogP contribution in [-0.2, 0) is 4.79 Å². The molecule has 0 N–H and O–H groups in total. The van der Waals surface area contributed by atoms with Crippen LogP contribution in [0.3, 0.4) is 0 Å². The van der Waals surface area contributed by atoms with E-state index >= 15 is 0 Å². The van der Waals surface area contributed by atoms with Gasteiger partial charge in [-0.3, -0.25) is 4.79 Å². The predicted molar refractivity (Wildman–Crippen MR) is 24.8 cm³/mol. The summed E-state index contributed by atoms with van der Waals surface area (Å²) in [6, 6.07) is 0. The van der Waals surface area contributed by atoms with Gasteiger partial charge in [0.15, 0.2) is 0 Å². The third-order valence-electron chi connectivity index (χ3n) is 0.235. The van der Waals surface area contributed by atoms with Gasteiger partial charge in [-0.2, -0.15) is 0 Å². The van der Waals surface area contributed by atoms with Gasteiger partial charge in [0.05, 0.1) is 0 Å². The highest BCUT2D eigenvalue weighted by Gasteiger charge is 1.51. The molecule has 0 fully saturated rings. The van der Waals surface area contributed by atoms with E-state index in [4.69, 9.17) is 0 Å².